The van der Waals surface area contributed by atoms with Gasteiger partial charge in [-0.3, -0.25) is 0 Å². The highest BCUT2D eigenvalue weighted by Crippen LogP contribution is 2.38. The van der Waals surface area contributed by atoms with Gasteiger partial charge in [0.25, 0.3) is 0 Å². The predicted octanol–water partition coefficient (Wildman–Crippen LogP) is 3.89. The second kappa shape index (κ2) is 5.25. The minimum atomic E-state index is -0.337. The van der Waals surface area contributed by atoms with Crippen LogP contribution in [-0.2, 0) is 4.74 Å². The number of fused-ring (bicyclic) bond motifs is 2. The van der Waals surface area contributed by atoms with Crippen molar-refractivity contribution in [3.8, 4) is 22.4 Å². The molecule has 2 heterocycles. The van der Waals surface area contributed by atoms with Gasteiger partial charge in [-0.25, -0.2) is 9.78 Å². The monoisotopic (exact) mass is 302 g/mol. The van der Waals surface area contributed by atoms with Crippen LogP contribution in [0.2, 0.25) is 0 Å². The Morgan fingerprint density at radius 1 is 1.00 bits per heavy atom. The van der Waals surface area contributed by atoms with Gasteiger partial charge in [0.1, 0.15) is 5.65 Å². The Balaban J connectivity index is 1.98. The molecular weight excluding hydrogens is 288 g/mol. The zero-order chi connectivity index (χ0) is 15.8. The molecule has 2 aromatic heterocycles. The average molecular weight is 302 g/mol. The fourth-order valence-electron chi connectivity index (χ4n) is 2.87. The van der Waals surface area contributed by atoms with Gasteiger partial charge in [-0.15, -0.1) is 0 Å². The van der Waals surface area contributed by atoms with Crippen molar-refractivity contribution in [1.29, 1.82) is 0 Å². The van der Waals surface area contributed by atoms with E-state index in [4.69, 9.17) is 4.74 Å². The second-order valence-electron chi connectivity index (χ2n) is 5.29. The van der Waals surface area contributed by atoms with E-state index in [-0.39, 0.29) is 5.97 Å². The molecule has 0 spiro atoms. The van der Waals surface area contributed by atoms with Gasteiger partial charge in [0.15, 0.2) is 0 Å². The molecule has 23 heavy (non-hydrogen) atoms. The Morgan fingerprint density at radius 3 is 2.57 bits per heavy atom. The van der Waals surface area contributed by atoms with E-state index >= 15 is 0 Å². The molecule has 4 nitrogen and oxygen atoms in total. The fraction of sp³-hybridized carbons (Fsp3) is 0.0526. The number of rotatable bonds is 2. The summed E-state index contributed by atoms with van der Waals surface area (Å²) in [7, 11) is 1.40. The van der Waals surface area contributed by atoms with Crippen LogP contribution in [0.1, 0.15) is 10.4 Å². The summed E-state index contributed by atoms with van der Waals surface area (Å²) in [6.07, 6.45) is 3.93. The van der Waals surface area contributed by atoms with Crippen molar-refractivity contribution in [2.45, 2.75) is 0 Å². The zero-order valence-corrected chi connectivity index (χ0v) is 12.6. The van der Waals surface area contributed by atoms with Gasteiger partial charge in [-0.05, 0) is 29.3 Å². The third kappa shape index (κ3) is 2.16. The summed E-state index contributed by atoms with van der Waals surface area (Å²) in [6, 6.07) is 17.5. The molecule has 2 aromatic rings. The van der Waals surface area contributed by atoms with E-state index in [0.717, 1.165) is 28.0 Å². The van der Waals surface area contributed by atoms with Crippen LogP contribution < -0.4 is 0 Å². The zero-order valence-electron chi connectivity index (χ0n) is 12.6. The number of methoxy groups -OCH3 is 1. The molecule has 0 aliphatic heterocycles. The smallest absolute Gasteiger partial charge is 0.338 e. The van der Waals surface area contributed by atoms with Crippen molar-refractivity contribution in [2.75, 3.05) is 7.11 Å². The number of hydrogen-bond acceptors (Lipinski definition) is 3. The van der Waals surface area contributed by atoms with Crippen LogP contribution in [0.25, 0.3) is 28.0 Å². The summed E-state index contributed by atoms with van der Waals surface area (Å²) in [5.74, 6) is -0.337. The molecule has 4 heteroatoms. The number of nitrogens with zero attached hydrogens (tertiary/aromatic N) is 2. The highest BCUT2D eigenvalue weighted by atomic mass is 16.5. The van der Waals surface area contributed by atoms with Crippen molar-refractivity contribution in [3.63, 3.8) is 0 Å². The summed E-state index contributed by atoms with van der Waals surface area (Å²) in [5, 5.41) is 0. The maximum atomic E-state index is 12.1. The highest BCUT2D eigenvalue weighted by molar-refractivity contribution is 6.04. The molecule has 2 aliphatic carbocycles. The first-order valence-corrected chi connectivity index (χ1v) is 7.32. The van der Waals surface area contributed by atoms with Gasteiger partial charge in [0.2, 0.25) is 0 Å². The molecule has 0 saturated heterocycles. The van der Waals surface area contributed by atoms with Crippen LogP contribution >= 0.6 is 0 Å². The lowest BCUT2D eigenvalue weighted by atomic mass is 10.1. The summed E-state index contributed by atoms with van der Waals surface area (Å²) >= 11 is 0. The molecule has 0 atom stereocenters. The molecule has 0 unspecified atom stereocenters. The van der Waals surface area contributed by atoms with Gasteiger partial charge in [0, 0.05) is 18.0 Å². The first kappa shape index (κ1) is 13.5. The minimum absolute atomic E-state index is 0.337. The number of hydrogen-bond donors (Lipinski definition) is 0. The second-order valence-corrected chi connectivity index (χ2v) is 5.29. The van der Waals surface area contributed by atoms with Gasteiger partial charge in [-0.1, -0.05) is 36.4 Å². The highest BCUT2D eigenvalue weighted by Gasteiger charge is 2.22. The van der Waals surface area contributed by atoms with Crippen molar-refractivity contribution < 1.29 is 9.53 Å². The number of carbonyl (C=O) groups excluding carboxylic acids is 1. The number of pyridine rings is 1. The molecule has 0 N–H and O–H groups in total. The van der Waals surface area contributed by atoms with E-state index in [2.05, 4.69) is 4.98 Å². The molecule has 4 rings (SSSR count). The summed E-state index contributed by atoms with van der Waals surface area (Å²) in [6.45, 7) is 0. The summed E-state index contributed by atoms with van der Waals surface area (Å²) in [5.41, 5.74) is 5.05. The molecule has 0 radical (unpaired) electrons. The first-order valence-electron chi connectivity index (χ1n) is 7.32. The lowest BCUT2D eigenvalue weighted by Crippen LogP contribution is -1.99. The van der Waals surface area contributed by atoms with Crippen LogP contribution in [-0.4, -0.2) is 22.5 Å². The Morgan fingerprint density at radius 2 is 1.78 bits per heavy atom. The fourth-order valence-corrected chi connectivity index (χ4v) is 2.87. The number of imidazole rings is 1. The molecule has 2 aliphatic rings. The predicted molar refractivity (Wildman–Crippen MR) is 88.6 cm³/mol. The van der Waals surface area contributed by atoms with E-state index in [1.54, 1.807) is 0 Å². The normalized spacial score (nSPS) is 11.0. The lowest BCUT2D eigenvalue weighted by molar-refractivity contribution is 0.0602. The van der Waals surface area contributed by atoms with Crippen molar-refractivity contribution in [2.24, 2.45) is 0 Å². The van der Waals surface area contributed by atoms with Crippen molar-refractivity contribution in [3.05, 3.63) is 72.6 Å². The van der Waals surface area contributed by atoms with Crippen molar-refractivity contribution >= 4 is 11.6 Å². The van der Waals surface area contributed by atoms with E-state index in [1.165, 1.54) is 7.11 Å². The average Bonchev–Trinajstić information content (AvgIpc) is 3.07. The van der Waals surface area contributed by atoms with Gasteiger partial charge in [0.05, 0.1) is 18.4 Å². The number of aromatic nitrogens is 2. The number of ether oxygens (including phenoxy) is 1. The molecule has 0 amide bonds. The molecule has 0 saturated carbocycles. The van der Waals surface area contributed by atoms with Crippen LogP contribution in [0.5, 0.6) is 0 Å². The largest absolute Gasteiger partial charge is 0.465 e. The Kier molecular flexibility index (Phi) is 3.08. The van der Waals surface area contributed by atoms with Gasteiger partial charge >= 0.3 is 5.97 Å². The van der Waals surface area contributed by atoms with Crippen LogP contribution in [0.3, 0.4) is 0 Å². The Labute approximate surface area is 133 Å². The van der Waals surface area contributed by atoms with E-state index < -0.39 is 0 Å². The standard InChI is InChI=1S/C19H14N2O2/c1-23-19(22)16-11-15(13-7-3-2-4-8-14(13)16)17-12-21-10-6-5-9-18(21)20-17/h2-12H,1H3. The SMILES string of the molecule is COC(=O)c1cc(-c2cn3ccccc3n2)c2cccccc1-2. The number of esters is 1. The number of carbonyl (C=O) groups is 1. The molecule has 0 fully saturated rings. The third-order valence-corrected chi connectivity index (χ3v) is 3.95. The molecular formula is C19H14N2O2. The Bertz CT molecular complexity index is 955. The maximum absolute atomic E-state index is 12.1. The quantitative estimate of drug-likeness (QED) is 0.528. The third-order valence-electron chi connectivity index (χ3n) is 3.95. The van der Waals surface area contributed by atoms with Crippen molar-refractivity contribution in [1.82, 2.24) is 9.38 Å². The van der Waals surface area contributed by atoms with E-state index in [1.807, 2.05) is 71.4 Å². The lowest BCUT2D eigenvalue weighted by Gasteiger charge is -1.99. The maximum Gasteiger partial charge on any atom is 0.338 e. The first-order chi connectivity index (χ1) is 11.3. The van der Waals surface area contributed by atoms with E-state index in [9.17, 15) is 4.79 Å². The molecule has 112 valence electrons. The Hall–Kier alpha value is -3.14. The molecule has 0 aromatic carbocycles. The van der Waals surface area contributed by atoms with Crippen LogP contribution in [0.4, 0.5) is 0 Å². The van der Waals surface area contributed by atoms with Gasteiger partial charge < -0.3 is 9.14 Å². The summed E-state index contributed by atoms with van der Waals surface area (Å²) in [4.78, 5) is 16.8. The van der Waals surface area contributed by atoms with Gasteiger partial charge in [-0.2, -0.15) is 0 Å². The minimum Gasteiger partial charge on any atom is -0.465 e. The van der Waals surface area contributed by atoms with E-state index in [0.29, 0.717) is 5.56 Å². The van der Waals surface area contributed by atoms with Crippen LogP contribution in [0.15, 0.2) is 67.0 Å². The molecule has 0 bridgehead atoms. The topological polar surface area (TPSA) is 43.6 Å². The summed E-state index contributed by atoms with van der Waals surface area (Å²) < 4.78 is 6.89. The van der Waals surface area contributed by atoms with Crippen LogP contribution in [0, 0.1) is 0 Å².